The van der Waals surface area contributed by atoms with Crippen molar-refractivity contribution in [3.63, 3.8) is 0 Å². The Labute approximate surface area is 113 Å². The standard InChI is InChI=1S/C15H19NO3/c1-11(12-6-4-3-5-7-12)10-16(2)13(17)15(8-9-15)14(18)19/h3-7,11H,8-10H2,1-2H3,(H,18,19). The van der Waals surface area contributed by atoms with Gasteiger partial charge >= 0.3 is 5.97 Å². The minimum Gasteiger partial charge on any atom is -0.480 e. The van der Waals surface area contributed by atoms with Gasteiger partial charge in [0.1, 0.15) is 5.41 Å². The highest BCUT2D eigenvalue weighted by atomic mass is 16.4. The molecule has 1 saturated carbocycles. The molecule has 1 fully saturated rings. The first-order valence-corrected chi connectivity index (χ1v) is 6.51. The zero-order chi connectivity index (χ0) is 14.0. The number of carboxylic acid groups (broad SMARTS) is 1. The smallest absolute Gasteiger partial charge is 0.319 e. The Balaban J connectivity index is 2.00. The fourth-order valence-corrected chi connectivity index (χ4v) is 2.39. The summed E-state index contributed by atoms with van der Waals surface area (Å²) in [6.07, 6.45) is 0.927. The lowest BCUT2D eigenvalue weighted by molar-refractivity contribution is -0.152. The number of hydrogen-bond acceptors (Lipinski definition) is 2. The van der Waals surface area contributed by atoms with Crippen molar-refractivity contribution in [2.75, 3.05) is 13.6 Å². The summed E-state index contributed by atoms with van der Waals surface area (Å²) < 4.78 is 0. The molecular formula is C15H19NO3. The van der Waals surface area contributed by atoms with Crippen molar-refractivity contribution in [2.24, 2.45) is 5.41 Å². The van der Waals surface area contributed by atoms with E-state index in [2.05, 4.69) is 0 Å². The van der Waals surface area contributed by atoms with Crippen LogP contribution in [0.15, 0.2) is 30.3 Å². The van der Waals surface area contributed by atoms with Crippen molar-refractivity contribution in [3.05, 3.63) is 35.9 Å². The molecule has 1 aliphatic rings. The monoisotopic (exact) mass is 261 g/mol. The molecular weight excluding hydrogens is 242 g/mol. The summed E-state index contributed by atoms with van der Waals surface area (Å²) in [5.41, 5.74) is 0.0212. The number of amides is 1. The van der Waals surface area contributed by atoms with Crippen LogP contribution in [-0.2, 0) is 9.59 Å². The summed E-state index contributed by atoms with van der Waals surface area (Å²) in [4.78, 5) is 24.9. The third-order valence-corrected chi connectivity index (χ3v) is 3.83. The molecule has 4 nitrogen and oxygen atoms in total. The summed E-state index contributed by atoms with van der Waals surface area (Å²) in [6, 6.07) is 9.93. The molecule has 19 heavy (non-hydrogen) atoms. The van der Waals surface area contributed by atoms with E-state index in [0.29, 0.717) is 19.4 Å². The fourth-order valence-electron chi connectivity index (χ4n) is 2.39. The summed E-state index contributed by atoms with van der Waals surface area (Å²) in [5, 5.41) is 9.13. The van der Waals surface area contributed by atoms with E-state index in [1.54, 1.807) is 11.9 Å². The van der Waals surface area contributed by atoms with Crippen LogP contribution in [0.1, 0.15) is 31.2 Å². The average Bonchev–Trinajstić information content (AvgIpc) is 3.20. The second kappa shape index (κ2) is 5.03. The normalized spacial score (nSPS) is 17.6. The van der Waals surface area contributed by atoms with Gasteiger partial charge in [0.15, 0.2) is 0 Å². The Kier molecular flexibility index (Phi) is 3.60. The van der Waals surface area contributed by atoms with Crippen LogP contribution >= 0.6 is 0 Å². The molecule has 4 heteroatoms. The van der Waals surface area contributed by atoms with E-state index in [1.807, 2.05) is 37.3 Å². The van der Waals surface area contributed by atoms with E-state index in [-0.39, 0.29) is 11.8 Å². The topological polar surface area (TPSA) is 57.6 Å². The van der Waals surface area contributed by atoms with Crippen LogP contribution in [0.25, 0.3) is 0 Å². The predicted octanol–water partition coefficient (Wildman–Crippen LogP) is 2.11. The molecule has 1 atom stereocenters. The van der Waals surface area contributed by atoms with Crippen molar-refractivity contribution in [1.29, 1.82) is 0 Å². The number of carbonyl (C=O) groups is 2. The zero-order valence-corrected chi connectivity index (χ0v) is 11.3. The van der Waals surface area contributed by atoms with Gasteiger partial charge in [0.2, 0.25) is 5.91 Å². The Bertz CT molecular complexity index is 479. The molecule has 0 aliphatic heterocycles. The third kappa shape index (κ3) is 2.62. The highest BCUT2D eigenvalue weighted by Crippen LogP contribution is 2.47. The fraction of sp³-hybridized carbons (Fsp3) is 0.467. The maximum Gasteiger partial charge on any atom is 0.319 e. The lowest BCUT2D eigenvalue weighted by Gasteiger charge is -2.24. The largest absolute Gasteiger partial charge is 0.480 e. The summed E-state index contributed by atoms with van der Waals surface area (Å²) >= 11 is 0. The van der Waals surface area contributed by atoms with Gasteiger partial charge in [-0.05, 0) is 24.3 Å². The highest BCUT2D eigenvalue weighted by molar-refractivity contribution is 6.04. The Hall–Kier alpha value is -1.84. The van der Waals surface area contributed by atoms with Crippen LogP contribution in [0.2, 0.25) is 0 Å². The molecule has 0 aromatic heterocycles. The molecule has 0 heterocycles. The molecule has 102 valence electrons. The number of carboxylic acids is 1. The zero-order valence-electron chi connectivity index (χ0n) is 11.3. The van der Waals surface area contributed by atoms with Gasteiger partial charge in [0, 0.05) is 13.6 Å². The van der Waals surface area contributed by atoms with Crippen molar-refractivity contribution in [3.8, 4) is 0 Å². The number of hydrogen-bond donors (Lipinski definition) is 1. The van der Waals surface area contributed by atoms with E-state index in [0.717, 1.165) is 5.56 Å². The van der Waals surface area contributed by atoms with E-state index < -0.39 is 11.4 Å². The van der Waals surface area contributed by atoms with Crippen molar-refractivity contribution < 1.29 is 14.7 Å². The molecule has 1 aromatic carbocycles. The second-order valence-corrected chi connectivity index (χ2v) is 5.38. The molecule has 1 aromatic rings. The Morgan fingerprint density at radius 3 is 2.37 bits per heavy atom. The number of rotatable bonds is 5. The first-order chi connectivity index (χ1) is 8.97. The number of carbonyl (C=O) groups excluding carboxylic acids is 1. The number of likely N-dealkylation sites (N-methyl/N-ethyl adjacent to an activating group) is 1. The minimum absolute atomic E-state index is 0.194. The average molecular weight is 261 g/mol. The molecule has 0 saturated heterocycles. The SMILES string of the molecule is CC(CN(C)C(=O)C1(C(=O)O)CC1)c1ccccc1. The summed E-state index contributed by atoms with van der Waals surface area (Å²) in [5.74, 6) is -1.06. The lowest BCUT2D eigenvalue weighted by atomic mass is 9.99. The molecule has 0 spiro atoms. The van der Waals surface area contributed by atoms with Gasteiger partial charge in [-0.2, -0.15) is 0 Å². The predicted molar refractivity (Wildman–Crippen MR) is 71.8 cm³/mol. The third-order valence-electron chi connectivity index (χ3n) is 3.83. The molecule has 1 N–H and O–H groups in total. The lowest BCUT2D eigenvalue weighted by Crippen LogP contribution is -2.40. The van der Waals surface area contributed by atoms with Crippen molar-refractivity contribution in [2.45, 2.75) is 25.7 Å². The number of aliphatic carboxylic acids is 1. The van der Waals surface area contributed by atoms with Gasteiger partial charge < -0.3 is 10.0 Å². The Morgan fingerprint density at radius 1 is 1.32 bits per heavy atom. The van der Waals surface area contributed by atoms with E-state index >= 15 is 0 Å². The molecule has 1 aliphatic carbocycles. The van der Waals surface area contributed by atoms with Gasteiger partial charge in [0.05, 0.1) is 0 Å². The summed E-state index contributed by atoms with van der Waals surface area (Å²) in [6.45, 7) is 2.58. The first-order valence-electron chi connectivity index (χ1n) is 6.51. The Morgan fingerprint density at radius 2 is 1.89 bits per heavy atom. The van der Waals surface area contributed by atoms with Gasteiger partial charge in [0.25, 0.3) is 0 Å². The minimum atomic E-state index is -1.13. The number of nitrogens with zero attached hydrogens (tertiary/aromatic N) is 1. The van der Waals surface area contributed by atoms with Gasteiger partial charge in [-0.1, -0.05) is 37.3 Å². The van der Waals surface area contributed by atoms with Gasteiger partial charge in [-0.15, -0.1) is 0 Å². The highest BCUT2D eigenvalue weighted by Gasteiger charge is 2.58. The molecule has 0 radical (unpaired) electrons. The molecule has 1 amide bonds. The maximum absolute atomic E-state index is 12.2. The van der Waals surface area contributed by atoms with Crippen LogP contribution in [0.5, 0.6) is 0 Å². The van der Waals surface area contributed by atoms with Gasteiger partial charge in [-0.25, -0.2) is 0 Å². The van der Waals surface area contributed by atoms with Crippen molar-refractivity contribution in [1.82, 2.24) is 4.90 Å². The van der Waals surface area contributed by atoms with E-state index in [4.69, 9.17) is 5.11 Å². The maximum atomic E-state index is 12.2. The summed E-state index contributed by atoms with van der Waals surface area (Å²) in [7, 11) is 1.69. The second-order valence-electron chi connectivity index (χ2n) is 5.38. The van der Waals surface area contributed by atoms with Crippen LogP contribution in [0, 0.1) is 5.41 Å². The van der Waals surface area contributed by atoms with Crippen molar-refractivity contribution >= 4 is 11.9 Å². The number of benzene rings is 1. The molecule has 2 rings (SSSR count). The van der Waals surface area contributed by atoms with Crippen LogP contribution in [0.4, 0.5) is 0 Å². The first kappa shape index (κ1) is 13.6. The van der Waals surface area contributed by atoms with Crippen LogP contribution in [-0.4, -0.2) is 35.5 Å². The van der Waals surface area contributed by atoms with E-state index in [1.165, 1.54) is 0 Å². The van der Waals surface area contributed by atoms with Crippen LogP contribution < -0.4 is 0 Å². The van der Waals surface area contributed by atoms with E-state index in [9.17, 15) is 9.59 Å². The van der Waals surface area contributed by atoms with Crippen LogP contribution in [0.3, 0.4) is 0 Å². The molecule has 0 bridgehead atoms. The van der Waals surface area contributed by atoms with Gasteiger partial charge in [-0.3, -0.25) is 9.59 Å². The quantitative estimate of drug-likeness (QED) is 0.826. The molecule has 1 unspecified atom stereocenters.